The Morgan fingerprint density at radius 2 is 1.82 bits per heavy atom. The van der Waals surface area contributed by atoms with Crippen LogP contribution in [0.3, 0.4) is 0 Å². The minimum atomic E-state index is 0.330. The van der Waals surface area contributed by atoms with E-state index in [1.54, 1.807) is 0 Å². The first-order valence-corrected chi connectivity index (χ1v) is 4.95. The van der Waals surface area contributed by atoms with E-state index in [1.165, 1.54) is 0 Å². The van der Waals surface area contributed by atoms with Crippen LogP contribution in [-0.4, -0.2) is 11.1 Å². The Bertz CT molecular complexity index is 139. The van der Waals surface area contributed by atoms with Crippen molar-refractivity contribution in [3.8, 4) is 0 Å². The monoisotopic (exact) mass is 193 g/mol. The van der Waals surface area contributed by atoms with E-state index in [2.05, 4.69) is 0 Å². The van der Waals surface area contributed by atoms with Gasteiger partial charge in [0.25, 0.3) is 0 Å². The number of nitrogens with one attached hydrogen (secondary N) is 1. The maximum Gasteiger partial charge on any atom is 0.1000 e. The standard InChI is InChI=1S/C8H13Cl2N/c9-5-6-1-3-7(4-2-6)8(10)11/h6-7,11H,1-5H2. The largest absolute Gasteiger partial charge is 0.293 e. The van der Waals surface area contributed by atoms with Crippen molar-refractivity contribution in [1.29, 1.82) is 5.41 Å². The molecular weight excluding hydrogens is 181 g/mol. The molecule has 0 atom stereocenters. The van der Waals surface area contributed by atoms with Crippen molar-refractivity contribution in [1.82, 2.24) is 0 Å². The molecule has 3 heteroatoms. The van der Waals surface area contributed by atoms with E-state index in [0.29, 0.717) is 17.0 Å². The predicted molar refractivity (Wildman–Crippen MR) is 49.7 cm³/mol. The maximum absolute atomic E-state index is 7.24. The van der Waals surface area contributed by atoms with Gasteiger partial charge >= 0.3 is 0 Å². The second-order valence-electron chi connectivity index (χ2n) is 3.22. The lowest BCUT2D eigenvalue weighted by atomic mass is 9.83. The molecule has 0 radical (unpaired) electrons. The zero-order valence-electron chi connectivity index (χ0n) is 6.45. The van der Waals surface area contributed by atoms with Gasteiger partial charge in [-0.2, -0.15) is 0 Å². The molecule has 0 unspecified atom stereocenters. The van der Waals surface area contributed by atoms with Crippen LogP contribution < -0.4 is 0 Å². The molecule has 0 aromatic heterocycles. The molecule has 11 heavy (non-hydrogen) atoms. The summed E-state index contributed by atoms with van der Waals surface area (Å²) in [5, 5.41) is 7.58. The smallest absolute Gasteiger partial charge is 0.1000 e. The third kappa shape index (κ3) is 2.64. The molecule has 0 aromatic rings. The summed E-state index contributed by atoms with van der Waals surface area (Å²) in [6.45, 7) is 0. The lowest BCUT2D eigenvalue weighted by molar-refractivity contribution is 0.348. The first-order chi connectivity index (χ1) is 5.24. The highest BCUT2D eigenvalue weighted by Crippen LogP contribution is 2.30. The van der Waals surface area contributed by atoms with Crippen LogP contribution in [-0.2, 0) is 0 Å². The Morgan fingerprint density at radius 3 is 2.18 bits per heavy atom. The summed E-state index contributed by atoms with van der Waals surface area (Å²) < 4.78 is 0. The number of halogens is 2. The summed E-state index contributed by atoms with van der Waals surface area (Å²) in [5.74, 6) is 1.77. The maximum atomic E-state index is 7.24. The molecule has 0 spiro atoms. The Balaban J connectivity index is 2.30. The van der Waals surface area contributed by atoms with Crippen molar-refractivity contribution in [2.45, 2.75) is 25.7 Å². The molecule has 0 saturated heterocycles. The van der Waals surface area contributed by atoms with E-state index < -0.39 is 0 Å². The molecule has 1 saturated carbocycles. The molecule has 1 aliphatic carbocycles. The van der Waals surface area contributed by atoms with Crippen LogP contribution in [0.4, 0.5) is 0 Å². The molecule has 1 rings (SSSR count). The van der Waals surface area contributed by atoms with Crippen LogP contribution in [0.15, 0.2) is 0 Å². The van der Waals surface area contributed by atoms with E-state index in [4.69, 9.17) is 28.6 Å². The van der Waals surface area contributed by atoms with Crippen molar-refractivity contribution < 1.29 is 0 Å². The topological polar surface area (TPSA) is 23.9 Å². The van der Waals surface area contributed by atoms with Crippen LogP contribution >= 0.6 is 23.2 Å². The van der Waals surface area contributed by atoms with Gasteiger partial charge in [0.15, 0.2) is 0 Å². The van der Waals surface area contributed by atoms with Crippen LogP contribution in [0, 0.1) is 17.2 Å². The molecule has 0 aliphatic heterocycles. The van der Waals surface area contributed by atoms with Gasteiger partial charge in [0.05, 0.1) is 5.17 Å². The average Bonchev–Trinajstić information content (AvgIpc) is 2.05. The highest BCUT2D eigenvalue weighted by Gasteiger charge is 2.22. The van der Waals surface area contributed by atoms with Crippen molar-refractivity contribution in [3.05, 3.63) is 0 Å². The first kappa shape index (κ1) is 9.34. The van der Waals surface area contributed by atoms with E-state index in [0.717, 1.165) is 31.6 Å². The molecule has 1 aliphatic rings. The van der Waals surface area contributed by atoms with Crippen molar-refractivity contribution in [3.63, 3.8) is 0 Å². The summed E-state index contributed by atoms with van der Waals surface area (Å²) in [6.07, 6.45) is 4.39. The fraction of sp³-hybridized carbons (Fsp3) is 0.875. The Hall–Kier alpha value is 0.250. The molecule has 0 heterocycles. The van der Waals surface area contributed by atoms with Gasteiger partial charge < -0.3 is 0 Å². The van der Waals surface area contributed by atoms with Gasteiger partial charge in [0, 0.05) is 11.8 Å². The van der Waals surface area contributed by atoms with Crippen LogP contribution in [0.5, 0.6) is 0 Å². The minimum absolute atomic E-state index is 0.330. The second-order valence-corrected chi connectivity index (χ2v) is 3.94. The molecule has 1 fully saturated rings. The zero-order valence-corrected chi connectivity index (χ0v) is 7.96. The fourth-order valence-electron chi connectivity index (χ4n) is 1.57. The summed E-state index contributed by atoms with van der Waals surface area (Å²) in [4.78, 5) is 0. The van der Waals surface area contributed by atoms with Crippen LogP contribution in [0.2, 0.25) is 0 Å². The molecule has 0 amide bonds. The summed E-state index contributed by atoms with van der Waals surface area (Å²) in [5.41, 5.74) is 0. The highest BCUT2D eigenvalue weighted by molar-refractivity contribution is 6.64. The van der Waals surface area contributed by atoms with E-state index in [-0.39, 0.29) is 0 Å². The minimum Gasteiger partial charge on any atom is -0.293 e. The van der Waals surface area contributed by atoms with E-state index >= 15 is 0 Å². The van der Waals surface area contributed by atoms with Gasteiger partial charge in [-0.15, -0.1) is 11.6 Å². The molecule has 0 aromatic carbocycles. The number of hydrogen-bond acceptors (Lipinski definition) is 1. The predicted octanol–water partition coefficient (Wildman–Crippen LogP) is 3.25. The lowest BCUT2D eigenvalue weighted by Gasteiger charge is -2.25. The van der Waals surface area contributed by atoms with E-state index in [1.807, 2.05) is 0 Å². The number of rotatable bonds is 2. The third-order valence-electron chi connectivity index (χ3n) is 2.42. The normalized spacial score (nSPS) is 31.8. The summed E-state index contributed by atoms with van der Waals surface area (Å²) in [6, 6.07) is 0. The molecule has 0 bridgehead atoms. The summed E-state index contributed by atoms with van der Waals surface area (Å²) in [7, 11) is 0. The molecule has 64 valence electrons. The fourth-order valence-corrected chi connectivity index (χ4v) is 2.10. The Labute approximate surface area is 77.6 Å². The molecule has 1 nitrogen and oxygen atoms in total. The number of hydrogen-bond donors (Lipinski definition) is 1. The van der Waals surface area contributed by atoms with Gasteiger partial charge in [0.1, 0.15) is 0 Å². The Morgan fingerprint density at radius 1 is 1.27 bits per heavy atom. The zero-order chi connectivity index (χ0) is 8.27. The summed E-state index contributed by atoms with van der Waals surface area (Å²) >= 11 is 11.3. The van der Waals surface area contributed by atoms with Gasteiger partial charge in [-0.3, -0.25) is 5.41 Å². The third-order valence-corrected chi connectivity index (χ3v) is 3.17. The van der Waals surface area contributed by atoms with Crippen molar-refractivity contribution >= 4 is 28.4 Å². The molecular formula is C8H13Cl2N. The molecule has 1 N–H and O–H groups in total. The van der Waals surface area contributed by atoms with Crippen molar-refractivity contribution in [2.24, 2.45) is 11.8 Å². The second kappa shape index (κ2) is 4.32. The van der Waals surface area contributed by atoms with Gasteiger partial charge in [-0.1, -0.05) is 11.6 Å². The average molecular weight is 194 g/mol. The van der Waals surface area contributed by atoms with E-state index in [9.17, 15) is 0 Å². The first-order valence-electron chi connectivity index (χ1n) is 4.04. The SMILES string of the molecule is N=C(Cl)C1CCC(CCl)CC1. The number of alkyl halides is 1. The van der Waals surface area contributed by atoms with Crippen LogP contribution in [0.1, 0.15) is 25.7 Å². The van der Waals surface area contributed by atoms with Gasteiger partial charge in [-0.25, -0.2) is 0 Å². The lowest BCUT2D eigenvalue weighted by Crippen LogP contribution is -2.19. The highest BCUT2D eigenvalue weighted by atomic mass is 35.5. The van der Waals surface area contributed by atoms with Gasteiger partial charge in [-0.05, 0) is 31.6 Å². The van der Waals surface area contributed by atoms with Crippen molar-refractivity contribution in [2.75, 3.05) is 5.88 Å². The van der Waals surface area contributed by atoms with Crippen LogP contribution in [0.25, 0.3) is 0 Å². The Kier molecular flexibility index (Phi) is 3.67. The van der Waals surface area contributed by atoms with Gasteiger partial charge in [0.2, 0.25) is 0 Å². The quantitative estimate of drug-likeness (QED) is 0.515.